The number of hydrogen-bond acceptors (Lipinski definition) is 2. The first-order chi connectivity index (χ1) is 9.56. The number of nitrogens with two attached hydrogens (primary N) is 1. The lowest BCUT2D eigenvalue weighted by Crippen LogP contribution is -2.45. The van der Waals surface area contributed by atoms with E-state index in [-0.39, 0.29) is 17.9 Å². The maximum atomic E-state index is 12.7. The zero-order valence-electron chi connectivity index (χ0n) is 11.8. The Bertz CT molecular complexity index is 500. The van der Waals surface area contributed by atoms with Crippen LogP contribution in [0.1, 0.15) is 24.8 Å². The molecule has 0 saturated heterocycles. The standard InChI is InChI=1S/C16H21BrN2O/c1-19(9-10-2-6-13(17)7-3-10)16(20)14-11-4-5-12(8-11)15(14)18/h2-3,6-7,11-12,14-15H,4-5,8-9,18H2,1H3. The molecule has 2 fully saturated rings. The normalized spacial score (nSPS) is 31.6. The first-order valence-corrected chi connectivity index (χ1v) is 8.10. The molecule has 4 unspecified atom stereocenters. The van der Waals surface area contributed by atoms with Crippen LogP contribution in [-0.4, -0.2) is 23.9 Å². The van der Waals surface area contributed by atoms with Crippen LogP contribution in [-0.2, 0) is 11.3 Å². The molecule has 20 heavy (non-hydrogen) atoms. The maximum Gasteiger partial charge on any atom is 0.227 e. The number of fused-ring (bicyclic) bond motifs is 2. The number of nitrogens with zero attached hydrogens (tertiary/aromatic N) is 1. The highest BCUT2D eigenvalue weighted by Gasteiger charge is 2.49. The molecule has 0 aromatic heterocycles. The quantitative estimate of drug-likeness (QED) is 0.922. The Hall–Kier alpha value is -0.870. The van der Waals surface area contributed by atoms with Gasteiger partial charge in [-0.15, -0.1) is 0 Å². The molecule has 4 heteroatoms. The molecule has 0 spiro atoms. The van der Waals surface area contributed by atoms with Crippen molar-refractivity contribution in [3.8, 4) is 0 Å². The summed E-state index contributed by atoms with van der Waals surface area (Å²) in [6, 6.07) is 8.20. The molecule has 3 rings (SSSR count). The summed E-state index contributed by atoms with van der Waals surface area (Å²) < 4.78 is 1.06. The second kappa shape index (κ2) is 5.49. The van der Waals surface area contributed by atoms with Crippen molar-refractivity contribution in [2.24, 2.45) is 23.5 Å². The number of rotatable bonds is 3. The Kier molecular flexibility index (Phi) is 3.87. The molecule has 2 aliphatic rings. The summed E-state index contributed by atoms with van der Waals surface area (Å²) >= 11 is 3.43. The number of benzene rings is 1. The van der Waals surface area contributed by atoms with E-state index in [9.17, 15) is 4.79 Å². The Labute approximate surface area is 128 Å². The molecule has 2 N–H and O–H groups in total. The van der Waals surface area contributed by atoms with Gasteiger partial charge in [-0.3, -0.25) is 4.79 Å². The van der Waals surface area contributed by atoms with Gasteiger partial charge in [-0.05, 0) is 48.8 Å². The number of carbonyl (C=O) groups is 1. The van der Waals surface area contributed by atoms with Crippen LogP contribution in [0.5, 0.6) is 0 Å². The van der Waals surface area contributed by atoms with Gasteiger partial charge in [0.05, 0.1) is 5.92 Å². The van der Waals surface area contributed by atoms with Crippen LogP contribution in [0.3, 0.4) is 0 Å². The molecule has 1 aromatic carbocycles. The third-order valence-electron chi connectivity index (χ3n) is 4.97. The highest BCUT2D eigenvalue weighted by molar-refractivity contribution is 9.10. The molecule has 2 aliphatic carbocycles. The number of halogens is 1. The first kappa shape index (κ1) is 14.1. The summed E-state index contributed by atoms with van der Waals surface area (Å²) in [5.74, 6) is 1.38. The van der Waals surface area contributed by atoms with E-state index in [4.69, 9.17) is 5.73 Å². The third kappa shape index (κ3) is 2.51. The zero-order chi connectivity index (χ0) is 14.3. The van der Waals surface area contributed by atoms with E-state index in [0.29, 0.717) is 18.4 Å². The van der Waals surface area contributed by atoms with Crippen LogP contribution in [0.2, 0.25) is 0 Å². The van der Waals surface area contributed by atoms with Gasteiger partial charge in [-0.1, -0.05) is 28.1 Å². The van der Waals surface area contributed by atoms with Crippen LogP contribution in [0.25, 0.3) is 0 Å². The summed E-state index contributed by atoms with van der Waals surface area (Å²) in [5, 5.41) is 0. The molecular formula is C16H21BrN2O. The van der Waals surface area contributed by atoms with Crippen LogP contribution >= 0.6 is 15.9 Å². The fourth-order valence-electron chi connectivity index (χ4n) is 3.90. The SMILES string of the molecule is CN(Cc1ccc(Br)cc1)C(=O)C1C2CCC(C2)C1N. The van der Waals surface area contributed by atoms with Crippen LogP contribution in [0, 0.1) is 17.8 Å². The van der Waals surface area contributed by atoms with Gasteiger partial charge in [0.2, 0.25) is 5.91 Å². The summed E-state index contributed by atoms with van der Waals surface area (Å²) in [7, 11) is 1.89. The zero-order valence-corrected chi connectivity index (χ0v) is 13.3. The highest BCUT2D eigenvalue weighted by atomic mass is 79.9. The van der Waals surface area contributed by atoms with Gasteiger partial charge in [-0.25, -0.2) is 0 Å². The highest BCUT2D eigenvalue weighted by Crippen LogP contribution is 2.48. The van der Waals surface area contributed by atoms with Crippen molar-refractivity contribution in [2.45, 2.75) is 31.8 Å². The molecule has 2 saturated carbocycles. The fourth-order valence-corrected chi connectivity index (χ4v) is 4.16. The predicted molar refractivity (Wildman–Crippen MR) is 82.9 cm³/mol. The van der Waals surface area contributed by atoms with E-state index < -0.39 is 0 Å². The van der Waals surface area contributed by atoms with Gasteiger partial charge >= 0.3 is 0 Å². The summed E-state index contributed by atoms with van der Waals surface area (Å²) in [4.78, 5) is 14.5. The molecule has 0 radical (unpaired) electrons. The average molecular weight is 337 g/mol. The van der Waals surface area contributed by atoms with Gasteiger partial charge in [0, 0.05) is 24.1 Å². The van der Waals surface area contributed by atoms with E-state index in [1.165, 1.54) is 12.8 Å². The van der Waals surface area contributed by atoms with Gasteiger partial charge in [0.25, 0.3) is 0 Å². The molecule has 3 nitrogen and oxygen atoms in total. The lowest BCUT2D eigenvalue weighted by atomic mass is 9.84. The number of carbonyl (C=O) groups excluding carboxylic acids is 1. The molecule has 108 valence electrons. The van der Waals surface area contributed by atoms with Crippen molar-refractivity contribution in [3.63, 3.8) is 0 Å². The Morgan fingerprint density at radius 3 is 2.55 bits per heavy atom. The molecule has 0 heterocycles. The monoisotopic (exact) mass is 336 g/mol. The molecular weight excluding hydrogens is 316 g/mol. The second-order valence-electron chi connectivity index (χ2n) is 6.26. The average Bonchev–Trinajstić information content (AvgIpc) is 3.01. The van der Waals surface area contributed by atoms with E-state index >= 15 is 0 Å². The molecule has 4 atom stereocenters. The molecule has 1 aromatic rings. The van der Waals surface area contributed by atoms with Gasteiger partial charge < -0.3 is 10.6 Å². The second-order valence-corrected chi connectivity index (χ2v) is 7.17. The van der Waals surface area contributed by atoms with Crippen molar-refractivity contribution in [1.29, 1.82) is 0 Å². The van der Waals surface area contributed by atoms with Crippen molar-refractivity contribution in [3.05, 3.63) is 34.3 Å². The van der Waals surface area contributed by atoms with Gasteiger partial charge in [0.15, 0.2) is 0 Å². The number of hydrogen-bond donors (Lipinski definition) is 1. The number of amides is 1. The van der Waals surface area contributed by atoms with Crippen molar-refractivity contribution >= 4 is 21.8 Å². The van der Waals surface area contributed by atoms with Crippen LogP contribution in [0.4, 0.5) is 0 Å². The lowest BCUT2D eigenvalue weighted by molar-refractivity contribution is -0.137. The van der Waals surface area contributed by atoms with Crippen LogP contribution in [0.15, 0.2) is 28.7 Å². The lowest BCUT2D eigenvalue weighted by Gasteiger charge is -2.30. The molecule has 2 bridgehead atoms. The maximum absolute atomic E-state index is 12.7. The Morgan fingerprint density at radius 1 is 1.30 bits per heavy atom. The summed E-state index contributed by atoms with van der Waals surface area (Å²) in [6.07, 6.45) is 3.55. The molecule has 0 aliphatic heterocycles. The summed E-state index contributed by atoms with van der Waals surface area (Å²) in [5.41, 5.74) is 7.42. The van der Waals surface area contributed by atoms with Crippen molar-refractivity contribution < 1.29 is 4.79 Å². The topological polar surface area (TPSA) is 46.3 Å². The van der Waals surface area contributed by atoms with E-state index in [2.05, 4.69) is 28.1 Å². The first-order valence-electron chi connectivity index (χ1n) is 7.31. The largest absolute Gasteiger partial charge is 0.341 e. The van der Waals surface area contributed by atoms with Gasteiger partial charge in [-0.2, -0.15) is 0 Å². The minimum atomic E-state index is 0.0502. The van der Waals surface area contributed by atoms with Gasteiger partial charge in [0.1, 0.15) is 0 Å². The Morgan fingerprint density at radius 2 is 1.95 bits per heavy atom. The minimum Gasteiger partial charge on any atom is -0.341 e. The van der Waals surface area contributed by atoms with Crippen LogP contribution < -0.4 is 5.73 Å². The predicted octanol–water partition coefficient (Wildman–Crippen LogP) is 2.78. The van der Waals surface area contributed by atoms with Crippen molar-refractivity contribution in [2.75, 3.05) is 7.05 Å². The fraction of sp³-hybridized carbons (Fsp3) is 0.562. The van der Waals surface area contributed by atoms with E-state index in [0.717, 1.165) is 16.5 Å². The summed E-state index contributed by atoms with van der Waals surface area (Å²) in [6.45, 7) is 0.659. The minimum absolute atomic E-state index is 0.0502. The van der Waals surface area contributed by atoms with Crippen molar-refractivity contribution in [1.82, 2.24) is 4.90 Å². The third-order valence-corrected chi connectivity index (χ3v) is 5.50. The smallest absolute Gasteiger partial charge is 0.227 e. The Balaban J connectivity index is 1.66. The van der Waals surface area contributed by atoms with E-state index in [1.807, 2.05) is 24.1 Å². The molecule has 1 amide bonds. The van der Waals surface area contributed by atoms with E-state index in [1.54, 1.807) is 0 Å².